The molecule has 0 saturated carbocycles. The maximum absolute atomic E-state index is 5.96. The summed E-state index contributed by atoms with van der Waals surface area (Å²) in [6, 6.07) is 7.65. The summed E-state index contributed by atoms with van der Waals surface area (Å²) < 4.78 is 17.9. The lowest BCUT2D eigenvalue weighted by molar-refractivity contribution is 0.0706. The van der Waals surface area contributed by atoms with E-state index in [0.717, 1.165) is 30.3 Å². The van der Waals surface area contributed by atoms with Crippen LogP contribution in [0.1, 0.15) is 115 Å². The van der Waals surface area contributed by atoms with Crippen molar-refractivity contribution in [2.75, 3.05) is 19.8 Å². The normalized spacial score (nSPS) is 13.6. The second-order valence-corrected chi connectivity index (χ2v) is 13.3. The highest BCUT2D eigenvalue weighted by Crippen LogP contribution is 2.25. The molecule has 5 nitrogen and oxygen atoms in total. The molecule has 0 saturated heterocycles. The summed E-state index contributed by atoms with van der Waals surface area (Å²) in [5.41, 5.74) is 6.35. The average Bonchev–Trinajstić information content (AvgIpc) is 2.94. The third-order valence-electron chi connectivity index (χ3n) is 7.60. The minimum absolute atomic E-state index is 0.669. The third kappa shape index (κ3) is 10.5. The van der Waals surface area contributed by atoms with Gasteiger partial charge in [-0.2, -0.15) is 0 Å². The highest BCUT2D eigenvalue weighted by Gasteiger charge is 2.39. The van der Waals surface area contributed by atoms with Gasteiger partial charge >= 0.3 is 8.80 Å². The van der Waals surface area contributed by atoms with Gasteiger partial charge in [-0.05, 0) is 101 Å². The maximum Gasteiger partial charge on any atom is 0.500 e. The molecule has 0 bridgehead atoms. The second-order valence-electron chi connectivity index (χ2n) is 10.6. The van der Waals surface area contributed by atoms with Crippen LogP contribution in [0.5, 0.6) is 0 Å². The Labute approximate surface area is 233 Å². The number of rotatable bonds is 20. The van der Waals surface area contributed by atoms with Crippen molar-refractivity contribution >= 4 is 8.80 Å². The second kappa shape index (κ2) is 17.9. The summed E-state index contributed by atoms with van der Waals surface area (Å²) >= 11 is 0. The average molecular weight is 541 g/mol. The predicted octanol–water partition coefficient (Wildman–Crippen LogP) is 8.51. The topological polar surface area (TPSA) is 53.5 Å². The van der Waals surface area contributed by atoms with Crippen LogP contribution in [0.2, 0.25) is 6.04 Å². The van der Waals surface area contributed by atoms with E-state index in [4.69, 9.17) is 18.3 Å². The molecule has 0 aromatic carbocycles. The van der Waals surface area contributed by atoms with E-state index >= 15 is 0 Å². The first-order chi connectivity index (χ1) is 18.7. The molecule has 0 spiro atoms. The molecule has 2 heterocycles. The summed E-state index contributed by atoms with van der Waals surface area (Å²) in [6.07, 6.45) is 23.1. The van der Waals surface area contributed by atoms with Crippen molar-refractivity contribution in [2.24, 2.45) is 0 Å². The largest absolute Gasteiger partial charge is 0.500 e. The fourth-order valence-corrected chi connectivity index (χ4v) is 8.30. The zero-order valence-electron chi connectivity index (χ0n) is 24.4. The van der Waals surface area contributed by atoms with Gasteiger partial charge in [0.25, 0.3) is 0 Å². The zero-order valence-corrected chi connectivity index (χ0v) is 25.4. The van der Waals surface area contributed by atoms with Crippen LogP contribution in [0, 0.1) is 0 Å². The molecule has 2 aromatic rings. The van der Waals surface area contributed by atoms with Gasteiger partial charge in [0, 0.05) is 38.3 Å². The van der Waals surface area contributed by atoms with Gasteiger partial charge < -0.3 is 13.3 Å². The molecule has 0 amide bonds. The van der Waals surface area contributed by atoms with E-state index in [0.29, 0.717) is 19.8 Å². The van der Waals surface area contributed by atoms with Crippen LogP contribution in [0.4, 0.5) is 0 Å². The minimum atomic E-state index is -2.45. The number of hydrogen-bond donors (Lipinski definition) is 0. The molecular weight excluding hydrogens is 488 g/mol. The van der Waals surface area contributed by atoms with E-state index < -0.39 is 8.80 Å². The van der Waals surface area contributed by atoms with Gasteiger partial charge in [-0.25, -0.2) is 0 Å². The molecule has 0 aliphatic heterocycles. The molecule has 0 atom stereocenters. The Hall–Kier alpha value is -1.60. The van der Waals surface area contributed by atoms with Gasteiger partial charge in [0.15, 0.2) is 0 Å². The Morgan fingerprint density at radius 1 is 0.658 bits per heavy atom. The number of aryl methyl sites for hydroxylation is 3. The minimum Gasteiger partial charge on any atom is -0.374 e. The van der Waals surface area contributed by atoms with Crippen LogP contribution in [0.3, 0.4) is 0 Å². The van der Waals surface area contributed by atoms with Crippen LogP contribution in [0.15, 0.2) is 30.6 Å². The third-order valence-corrected chi connectivity index (χ3v) is 10.8. The van der Waals surface area contributed by atoms with Crippen molar-refractivity contribution in [3.63, 3.8) is 0 Å². The van der Waals surface area contributed by atoms with E-state index in [1.54, 1.807) is 0 Å². The standard InChI is InChI=1S/C32H52N2O3Si/c1-4-35-38(36-5-2,37-6-3)24-18-14-12-10-8-7-9-11-13-15-19-28-22-23-33-31(25-28)32-26-29-20-16-17-21-30(29)27-34-32/h22-23,25-27H,4-21,24H2,1-3H3. The molecule has 0 unspecified atom stereocenters. The van der Waals surface area contributed by atoms with Crippen molar-refractivity contribution in [3.05, 3.63) is 47.3 Å². The molecule has 0 fully saturated rings. The van der Waals surface area contributed by atoms with E-state index in [1.807, 2.05) is 27.0 Å². The lowest BCUT2D eigenvalue weighted by atomic mass is 9.92. The van der Waals surface area contributed by atoms with Crippen LogP contribution in [0.25, 0.3) is 11.4 Å². The Bertz CT molecular complexity index is 906. The molecule has 0 radical (unpaired) electrons. The summed E-state index contributed by atoms with van der Waals surface area (Å²) in [4.78, 5) is 9.34. The molecule has 6 heteroatoms. The first-order valence-corrected chi connectivity index (χ1v) is 17.5. The van der Waals surface area contributed by atoms with Crippen molar-refractivity contribution in [2.45, 2.75) is 123 Å². The van der Waals surface area contributed by atoms with E-state index in [1.165, 1.54) is 100 Å². The van der Waals surface area contributed by atoms with Gasteiger partial charge in [-0.3, -0.25) is 9.97 Å². The summed E-state index contributed by atoms with van der Waals surface area (Å²) in [5.74, 6) is 0. The quantitative estimate of drug-likeness (QED) is 0.124. The van der Waals surface area contributed by atoms with Crippen LogP contribution < -0.4 is 0 Å². The van der Waals surface area contributed by atoms with Crippen LogP contribution >= 0.6 is 0 Å². The van der Waals surface area contributed by atoms with Crippen molar-refractivity contribution in [1.29, 1.82) is 0 Å². The summed E-state index contributed by atoms with van der Waals surface area (Å²) in [6.45, 7) is 8.10. The van der Waals surface area contributed by atoms with Gasteiger partial charge in [-0.15, -0.1) is 0 Å². The first kappa shape index (κ1) is 30.9. The monoisotopic (exact) mass is 540 g/mol. The number of unbranched alkanes of at least 4 members (excludes halogenated alkanes) is 9. The molecule has 1 aliphatic rings. The first-order valence-electron chi connectivity index (χ1n) is 15.5. The predicted molar refractivity (Wildman–Crippen MR) is 159 cm³/mol. The maximum atomic E-state index is 5.96. The molecule has 0 N–H and O–H groups in total. The van der Waals surface area contributed by atoms with Crippen molar-refractivity contribution < 1.29 is 13.3 Å². The van der Waals surface area contributed by atoms with Crippen LogP contribution in [-0.4, -0.2) is 38.6 Å². The Kier molecular flexibility index (Phi) is 14.6. The number of pyridine rings is 2. The number of hydrogen-bond acceptors (Lipinski definition) is 5. The fourth-order valence-electron chi connectivity index (χ4n) is 5.61. The Balaban J connectivity index is 1.23. The summed E-state index contributed by atoms with van der Waals surface area (Å²) in [5, 5.41) is 0. The smallest absolute Gasteiger partial charge is 0.374 e. The van der Waals surface area contributed by atoms with Gasteiger partial charge in [-0.1, -0.05) is 51.4 Å². The molecular formula is C32H52N2O3Si. The summed E-state index contributed by atoms with van der Waals surface area (Å²) in [7, 11) is -2.45. The lowest BCUT2D eigenvalue weighted by Gasteiger charge is -2.28. The van der Waals surface area contributed by atoms with Gasteiger partial charge in [0.2, 0.25) is 0 Å². The van der Waals surface area contributed by atoms with Gasteiger partial charge in [0.05, 0.1) is 11.4 Å². The van der Waals surface area contributed by atoms with E-state index in [-0.39, 0.29) is 0 Å². The fraction of sp³-hybridized carbons (Fsp3) is 0.688. The Morgan fingerprint density at radius 2 is 1.21 bits per heavy atom. The number of aromatic nitrogens is 2. The highest BCUT2D eigenvalue weighted by molar-refractivity contribution is 6.60. The molecule has 38 heavy (non-hydrogen) atoms. The molecule has 3 rings (SSSR count). The highest BCUT2D eigenvalue weighted by atomic mass is 28.4. The SMILES string of the molecule is CCO[Si](CCCCCCCCCCCCc1ccnc(-c2cc3c(cn2)CCCC3)c1)(OCC)OCC. The van der Waals surface area contributed by atoms with Crippen LogP contribution in [-0.2, 0) is 32.5 Å². The zero-order chi connectivity index (χ0) is 26.9. The van der Waals surface area contributed by atoms with Gasteiger partial charge in [0.1, 0.15) is 0 Å². The number of nitrogens with zero attached hydrogens (tertiary/aromatic N) is 2. The molecule has 212 valence electrons. The van der Waals surface area contributed by atoms with E-state index in [9.17, 15) is 0 Å². The molecule has 2 aromatic heterocycles. The van der Waals surface area contributed by atoms with E-state index in [2.05, 4.69) is 29.4 Å². The number of fused-ring (bicyclic) bond motifs is 1. The van der Waals surface area contributed by atoms with Crippen molar-refractivity contribution in [1.82, 2.24) is 9.97 Å². The Morgan fingerprint density at radius 3 is 1.84 bits per heavy atom. The van der Waals surface area contributed by atoms with Crippen molar-refractivity contribution in [3.8, 4) is 11.4 Å². The molecule has 1 aliphatic carbocycles. The lowest BCUT2D eigenvalue weighted by Crippen LogP contribution is -2.45.